The zero-order valence-corrected chi connectivity index (χ0v) is 9.26. The molecule has 84 valence electrons. The molecule has 1 aromatic carbocycles. The number of anilines is 1. The van der Waals surface area contributed by atoms with E-state index in [1.165, 1.54) is 5.56 Å². The molecule has 1 aliphatic rings. The maximum atomic E-state index is 11.5. The van der Waals surface area contributed by atoms with Gasteiger partial charge in [0.15, 0.2) is 0 Å². The van der Waals surface area contributed by atoms with Crippen LogP contribution in [0.2, 0.25) is 0 Å². The summed E-state index contributed by atoms with van der Waals surface area (Å²) in [7, 11) is 0. The van der Waals surface area contributed by atoms with Crippen molar-refractivity contribution in [1.29, 1.82) is 0 Å². The summed E-state index contributed by atoms with van der Waals surface area (Å²) in [5.41, 5.74) is 2.54. The van der Waals surface area contributed by atoms with E-state index in [9.17, 15) is 4.79 Å². The van der Waals surface area contributed by atoms with E-state index >= 15 is 0 Å². The number of para-hydroxylation sites is 1. The summed E-state index contributed by atoms with van der Waals surface area (Å²) in [5.74, 6) is 0. The standard InChI is InChI=1S/C14H12N2O/c17-10-14(12-5-7-15-8-6-12)9-11-3-1-2-4-13(11)16-14/h1-8,10,16H,9H2/t14-/m1/s1. The normalized spacial score (nSPS) is 21.6. The highest BCUT2D eigenvalue weighted by Crippen LogP contribution is 2.37. The Morgan fingerprint density at radius 1 is 1.18 bits per heavy atom. The molecule has 0 saturated carbocycles. The monoisotopic (exact) mass is 224 g/mol. The lowest BCUT2D eigenvalue weighted by Gasteiger charge is -2.23. The molecule has 17 heavy (non-hydrogen) atoms. The Morgan fingerprint density at radius 3 is 2.65 bits per heavy atom. The molecule has 2 aromatic rings. The van der Waals surface area contributed by atoms with E-state index in [1.54, 1.807) is 12.4 Å². The number of nitrogens with zero attached hydrogens (tertiary/aromatic N) is 1. The lowest BCUT2D eigenvalue weighted by atomic mass is 9.89. The number of nitrogens with one attached hydrogen (secondary N) is 1. The number of hydrogen-bond donors (Lipinski definition) is 1. The number of fused-ring (bicyclic) bond motifs is 1. The molecule has 0 radical (unpaired) electrons. The smallest absolute Gasteiger partial charge is 0.150 e. The Hall–Kier alpha value is -2.16. The number of aromatic nitrogens is 1. The Bertz CT molecular complexity index is 526. The van der Waals surface area contributed by atoms with Gasteiger partial charge in [0, 0.05) is 24.5 Å². The fourth-order valence-electron chi connectivity index (χ4n) is 2.34. The van der Waals surface area contributed by atoms with Gasteiger partial charge in [0.2, 0.25) is 0 Å². The zero-order chi connectivity index (χ0) is 11.7. The van der Waals surface area contributed by atoms with Crippen LogP contribution >= 0.6 is 0 Å². The molecule has 0 unspecified atom stereocenters. The minimum atomic E-state index is -0.632. The molecule has 0 aliphatic carbocycles. The zero-order valence-electron chi connectivity index (χ0n) is 9.26. The first-order valence-corrected chi connectivity index (χ1v) is 5.57. The first kappa shape index (κ1) is 10.0. The number of pyridine rings is 1. The molecule has 0 spiro atoms. The topological polar surface area (TPSA) is 42.0 Å². The summed E-state index contributed by atoms with van der Waals surface area (Å²) in [6, 6.07) is 11.8. The van der Waals surface area contributed by atoms with Crippen LogP contribution in [-0.4, -0.2) is 11.3 Å². The average Bonchev–Trinajstić information content (AvgIpc) is 2.79. The highest BCUT2D eigenvalue weighted by Gasteiger charge is 2.37. The van der Waals surface area contributed by atoms with Crippen LogP contribution in [0.3, 0.4) is 0 Å². The minimum Gasteiger partial charge on any atom is -0.369 e. The van der Waals surface area contributed by atoms with E-state index in [0.717, 1.165) is 17.5 Å². The second-order valence-corrected chi connectivity index (χ2v) is 4.28. The van der Waals surface area contributed by atoms with Gasteiger partial charge in [-0.3, -0.25) is 4.98 Å². The molecule has 3 rings (SSSR count). The highest BCUT2D eigenvalue weighted by atomic mass is 16.1. The number of aldehydes is 1. The van der Waals surface area contributed by atoms with Gasteiger partial charge in [-0.2, -0.15) is 0 Å². The van der Waals surface area contributed by atoms with Crippen molar-refractivity contribution in [2.45, 2.75) is 12.0 Å². The molecule has 3 heteroatoms. The van der Waals surface area contributed by atoms with Gasteiger partial charge in [0.25, 0.3) is 0 Å². The number of hydrogen-bond acceptors (Lipinski definition) is 3. The van der Waals surface area contributed by atoms with Crippen molar-refractivity contribution in [1.82, 2.24) is 4.98 Å². The molecule has 0 fully saturated rings. The molecule has 3 nitrogen and oxygen atoms in total. The largest absolute Gasteiger partial charge is 0.369 e. The molecule has 0 bridgehead atoms. The van der Waals surface area contributed by atoms with Gasteiger partial charge in [-0.25, -0.2) is 0 Å². The highest BCUT2D eigenvalue weighted by molar-refractivity contribution is 5.79. The van der Waals surface area contributed by atoms with Crippen molar-refractivity contribution in [2.24, 2.45) is 0 Å². The third-order valence-electron chi connectivity index (χ3n) is 3.24. The van der Waals surface area contributed by atoms with Crippen LogP contribution < -0.4 is 5.32 Å². The predicted octanol–water partition coefficient (Wildman–Crippen LogP) is 2.14. The Balaban J connectivity index is 2.06. The Labute approximate surface area is 99.5 Å². The lowest BCUT2D eigenvalue weighted by Crippen LogP contribution is -2.34. The second kappa shape index (κ2) is 3.70. The van der Waals surface area contributed by atoms with Crippen LogP contribution in [0.25, 0.3) is 0 Å². The summed E-state index contributed by atoms with van der Waals surface area (Å²) < 4.78 is 0. The SMILES string of the molecule is O=C[C@@]1(c2ccncc2)Cc2ccccc2N1. The average molecular weight is 224 g/mol. The van der Waals surface area contributed by atoms with Crippen molar-refractivity contribution in [3.8, 4) is 0 Å². The lowest BCUT2D eigenvalue weighted by molar-refractivity contribution is -0.111. The maximum Gasteiger partial charge on any atom is 0.150 e. The van der Waals surface area contributed by atoms with Crippen LogP contribution in [-0.2, 0) is 16.8 Å². The van der Waals surface area contributed by atoms with Crippen molar-refractivity contribution in [3.63, 3.8) is 0 Å². The number of rotatable bonds is 2. The summed E-state index contributed by atoms with van der Waals surface area (Å²) in [6.45, 7) is 0. The van der Waals surface area contributed by atoms with E-state index < -0.39 is 5.54 Å². The van der Waals surface area contributed by atoms with Gasteiger partial charge in [-0.1, -0.05) is 18.2 Å². The van der Waals surface area contributed by atoms with Crippen molar-refractivity contribution in [2.75, 3.05) is 5.32 Å². The van der Waals surface area contributed by atoms with Crippen LogP contribution in [0.5, 0.6) is 0 Å². The minimum absolute atomic E-state index is 0.632. The van der Waals surface area contributed by atoms with Gasteiger partial charge in [-0.05, 0) is 29.3 Å². The first-order valence-electron chi connectivity index (χ1n) is 5.57. The van der Waals surface area contributed by atoms with Crippen LogP contribution in [0.1, 0.15) is 11.1 Å². The quantitative estimate of drug-likeness (QED) is 0.795. The van der Waals surface area contributed by atoms with E-state index in [4.69, 9.17) is 0 Å². The maximum absolute atomic E-state index is 11.5. The molecule has 2 heterocycles. The summed E-state index contributed by atoms with van der Waals surface area (Å²) in [5, 5.41) is 3.32. The predicted molar refractivity (Wildman–Crippen MR) is 65.7 cm³/mol. The van der Waals surface area contributed by atoms with E-state index in [-0.39, 0.29) is 0 Å². The van der Waals surface area contributed by atoms with Gasteiger partial charge in [0.1, 0.15) is 11.8 Å². The van der Waals surface area contributed by atoms with E-state index in [2.05, 4.69) is 16.4 Å². The number of carbonyl (C=O) groups is 1. The van der Waals surface area contributed by atoms with Gasteiger partial charge < -0.3 is 10.1 Å². The summed E-state index contributed by atoms with van der Waals surface area (Å²) in [6.07, 6.45) is 5.11. The van der Waals surface area contributed by atoms with Gasteiger partial charge in [0.05, 0.1) is 0 Å². The van der Waals surface area contributed by atoms with Crippen molar-refractivity contribution < 1.29 is 4.79 Å². The number of benzene rings is 1. The van der Waals surface area contributed by atoms with Crippen molar-refractivity contribution >= 4 is 12.0 Å². The molecule has 1 N–H and O–H groups in total. The Kier molecular flexibility index (Phi) is 2.18. The van der Waals surface area contributed by atoms with Crippen LogP contribution in [0.4, 0.5) is 5.69 Å². The third-order valence-corrected chi connectivity index (χ3v) is 3.24. The summed E-state index contributed by atoms with van der Waals surface area (Å²) in [4.78, 5) is 15.5. The fraction of sp³-hybridized carbons (Fsp3) is 0.143. The molecular formula is C14H12N2O. The third kappa shape index (κ3) is 1.51. The number of carbonyl (C=O) groups excluding carboxylic acids is 1. The van der Waals surface area contributed by atoms with Crippen LogP contribution in [0, 0.1) is 0 Å². The van der Waals surface area contributed by atoms with E-state index in [0.29, 0.717) is 6.42 Å². The molecule has 1 atom stereocenters. The first-order chi connectivity index (χ1) is 8.34. The molecule has 1 aromatic heterocycles. The van der Waals surface area contributed by atoms with Gasteiger partial charge >= 0.3 is 0 Å². The van der Waals surface area contributed by atoms with Gasteiger partial charge in [-0.15, -0.1) is 0 Å². The van der Waals surface area contributed by atoms with Crippen molar-refractivity contribution in [3.05, 3.63) is 59.9 Å². The molecule has 0 saturated heterocycles. The second-order valence-electron chi connectivity index (χ2n) is 4.28. The van der Waals surface area contributed by atoms with E-state index in [1.807, 2.05) is 30.3 Å². The molecular weight excluding hydrogens is 212 g/mol. The summed E-state index contributed by atoms with van der Waals surface area (Å²) >= 11 is 0. The fourth-order valence-corrected chi connectivity index (χ4v) is 2.34. The molecule has 0 amide bonds. The van der Waals surface area contributed by atoms with Crippen LogP contribution in [0.15, 0.2) is 48.8 Å². The Morgan fingerprint density at radius 2 is 1.94 bits per heavy atom. The molecule has 1 aliphatic heterocycles.